The van der Waals surface area contributed by atoms with Crippen LogP contribution in [0.2, 0.25) is 5.02 Å². The van der Waals surface area contributed by atoms with Gasteiger partial charge in [0.05, 0.1) is 15.6 Å². The summed E-state index contributed by atoms with van der Waals surface area (Å²) in [7, 11) is -7.38. The van der Waals surface area contributed by atoms with Gasteiger partial charge in [-0.15, -0.1) is 0 Å². The summed E-state index contributed by atoms with van der Waals surface area (Å²) in [5, 5.41) is 10.5. The van der Waals surface area contributed by atoms with E-state index in [0.29, 0.717) is 4.31 Å². The van der Waals surface area contributed by atoms with Gasteiger partial charge in [-0.2, -0.15) is 12.7 Å². The van der Waals surface area contributed by atoms with E-state index in [4.69, 9.17) is 16.2 Å². The van der Waals surface area contributed by atoms with Gasteiger partial charge in [-0.05, 0) is 12.1 Å². The van der Waals surface area contributed by atoms with Gasteiger partial charge in [-0.25, -0.2) is 8.42 Å². The molecular formula is C9H11ClN2O7S2. The van der Waals surface area contributed by atoms with E-state index in [2.05, 4.69) is 0 Å². The maximum Gasteiger partial charge on any atom is 0.289 e. The number of hydrogen-bond acceptors (Lipinski definition) is 6. The number of rotatable bonds is 6. The van der Waals surface area contributed by atoms with Crippen LogP contribution in [0.5, 0.6) is 0 Å². The van der Waals surface area contributed by atoms with Crippen LogP contribution in [0.25, 0.3) is 0 Å². The Balaban J connectivity index is 3.13. The monoisotopic (exact) mass is 358 g/mol. The average Bonchev–Trinajstić information content (AvgIpc) is 2.34. The normalized spacial score (nSPS) is 12.6. The molecule has 9 nitrogen and oxygen atoms in total. The van der Waals surface area contributed by atoms with Crippen LogP contribution in [0.3, 0.4) is 0 Å². The highest BCUT2D eigenvalue weighted by Crippen LogP contribution is 2.28. The van der Waals surface area contributed by atoms with E-state index in [-0.39, 0.29) is 5.02 Å². The third-order valence-electron chi connectivity index (χ3n) is 2.49. The zero-order valence-corrected chi connectivity index (χ0v) is 13.0. The number of nitrogens with zero attached hydrogens (tertiary/aromatic N) is 2. The van der Waals surface area contributed by atoms with E-state index < -0.39 is 47.9 Å². The van der Waals surface area contributed by atoms with Gasteiger partial charge in [-0.3, -0.25) is 14.7 Å². The van der Waals surface area contributed by atoms with Crippen molar-refractivity contribution in [3.8, 4) is 0 Å². The van der Waals surface area contributed by atoms with E-state index >= 15 is 0 Å². The topological polar surface area (TPSA) is 135 Å². The maximum atomic E-state index is 12.1. The van der Waals surface area contributed by atoms with Crippen molar-refractivity contribution in [2.24, 2.45) is 0 Å². The summed E-state index contributed by atoms with van der Waals surface area (Å²) in [6, 6.07) is 2.90. The highest BCUT2D eigenvalue weighted by Gasteiger charge is 2.25. The van der Waals surface area contributed by atoms with E-state index in [0.717, 1.165) is 25.2 Å². The fourth-order valence-corrected chi connectivity index (χ4v) is 3.34. The second-order valence-corrected chi connectivity index (χ2v) is 8.01. The summed E-state index contributed by atoms with van der Waals surface area (Å²) >= 11 is 5.58. The third kappa shape index (κ3) is 4.61. The molecular weight excluding hydrogens is 348 g/mol. The maximum absolute atomic E-state index is 12.1. The third-order valence-corrected chi connectivity index (χ3v) is 5.36. The first-order chi connectivity index (χ1) is 9.45. The summed E-state index contributed by atoms with van der Waals surface area (Å²) in [4.78, 5) is 9.49. The lowest BCUT2D eigenvalue weighted by molar-refractivity contribution is -0.384. The number of sulfonamides is 1. The highest BCUT2D eigenvalue weighted by atomic mass is 35.5. The van der Waals surface area contributed by atoms with Crippen molar-refractivity contribution in [1.82, 2.24) is 4.31 Å². The summed E-state index contributed by atoms with van der Waals surface area (Å²) in [6.45, 7) is -0.502. The second kappa shape index (κ2) is 6.23. The van der Waals surface area contributed by atoms with Crippen molar-refractivity contribution < 1.29 is 26.3 Å². The van der Waals surface area contributed by atoms with Crippen LogP contribution >= 0.6 is 11.6 Å². The fourth-order valence-electron chi connectivity index (χ4n) is 1.34. The first-order valence-corrected chi connectivity index (χ1v) is 8.73. The molecule has 1 aromatic rings. The molecule has 0 aliphatic heterocycles. The largest absolute Gasteiger partial charge is 0.289 e. The van der Waals surface area contributed by atoms with E-state index in [9.17, 15) is 26.9 Å². The molecule has 0 aromatic heterocycles. The Morgan fingerprint density at radius 3 is 2.38 bits per heavy atom. The quantitative estimate of drug-likeness (QED) is 0.450. The van der Waals surface area contributed by atoms with Crippen molar-refractivity contribution in [2.45, 2.75) is 4.90 Å². The van der Waals surface area contributed by atoms with Crippen molar-refractivity contribution in [3.05, 3.63) is 33.3 Å². The molecule has 0 bridgehead atoms. The zero-order chi connectivity index (χ0) is 16.4. The molecule has 12 heteroatoms. The molecule has 0 saturated heterocycles. The minimum Gasteiger partial charge on any atom is -0.286 e. The molecule has 0 spiro atoms. The van der Waals surface area contributed by atoms with Crippen molar-refractivity contribution in [2.75, 3.05) is 19.3 Å². The lowest BCUT2D eigenvalue weighted by atomic mass is 10.3. The Morgan fingerprint density at radius 2 is 1.90 bits per heavy atom. The fraction of sp³-hybridized carbons (Fsp3) is 0.333. The summed E-state index contributed by atoms with van der Waals surface area (Å²) in [5.74, 6) is -0.793. The molecule has 0 radical (unpaired) electrons. The van der Waals surface area contributed by atoms with Crippen LogP contribution in [0.4, 0.5) is 5.69 Å². The van der Waals surface area contributed by atoms with Gasteiger partial charge in [0.15, 0.2) is 0 Å². The van der Waals surface area contributed by atoms with Gasteiger partial charge in [0.2, 0.25) is 10.0 Å². The first kappa shape index (κ1) is 17.8. The van der Waals surface area contributed by atoms with Gasteiger partial charge >= 0.3 is 0 Å². The molecule has 118 valence electrons. The highest BCUT2D eigenvalue weighted by molar-refractivity contribution is 7.89. The number of nitro benzene ring substituents is 1. The van der Waals surface area contributed by atoms with Gasteiger partial charge < -0.3 is 0 Å². The Bertz CT molecular complexity index is 760. The van der Waals surface area contributed by atoms with Crippen LogP contribution in [0, 0.1) is 10.1 Å². The second-order valence-electron chi connectivity index (χ2n) is 3.98. The average molecular weight is 359 g/mol. The molecule has 0 saturated carbocycles. The molecule has 0 atom stereocenters. The molecule has 0 fully saturated rings. The van der Waals surface area contributed by atoms with E-state index in [1.54, 1.807) is 0 Å². The van der Waals surface area contributed by atoms with E-state index in [1.165, 1.54) is 0 Å². The van der Waals surface area contributed by atoms with Crippen molar-refractivity contribution in [1.29, 1.82) is 0 Å². The van der Waals surface area contributed by atoms with Gasteiger partial charge in [0.25, 0.3) is 15.8 Å². The van der Waals surface area contributed by atoms with Crippen LogP contribution in [0.15, 0.2) is 23.1 Å². The van der Waals surface area contributed by atoms with Crippen LogP contribution < -0.4 is 0 Å². The SMILES string of the molecule is CN(CCS(=O)(=O)O)S(=O)(=O)c1ccc(Cl)c([N+](=O)[O-])c1. The minimum atomic E-state index is -4.33. The predicted octanol–water partition coefficient (Wildman–Crippen LogP) is 0.757. The molecule has 1 aromatic carbocycles. The summed E-state index contributed by atoms with van der Waals surface area (Å²) < 4.78 is 54.7. The summed E-state index contributed by atoms with van der Waals surface area (Å²) in [5.41, 5.74) is -0.582. The molecule has 0 heterocycles. The lowest BCUT2D eigenvalue weighted by Crippen LogP contribution is -2.31. The van der Waals surface area contributed by atoms with Crippen molar-refractivity contribution >= 4 is 37.4 Å². The number of benzene rings is 1. The van der Waals surface area contributed by atoms with Crippen LogP contribution in [0.1, 0.15) is 0 Å². The lowest BCUT2D eigenvalue weighted by Gasteiger charge is -2.16. The minimum absolute atomic E-state index is 0.223. The van der Waals surface area contributed by atoms with Crippen molar-refractivity contribution in [3.63, 3.8) is 0 Å². The smallest absolute Gasteiger partial charge is 0.286 e. The van der Waals surface area contributed by atoms with Gasteiger partial charge in [-0.1, -0.05) is 11.6 Å². The van der Waals surface area contributed by atoms with Gasteiger partial charge in [0.1, 0.15) is 5.02 Å². The summed E-state index contributed by atoms with van der Waals surface area (Å²) in [6.07, 6.45) is 0. The van der Waals surface area contributed by atoms with Crippen LogP contribution in [-0.2, 0) is 20.1 Å². The molecule has 0 unspecified atom stereocenters. The molecule has 1 N–H and O–H groups in total. The molecule has 0 aliphatic carbocycles. The molecule has 0 amide bonds. The molecule has 21 heavy (non-hydrogen) atoms. The Hall–Kier alpha value is -1.27. The standard InChI is InChI=1S/C9H11ClN2O7S2/c1-11(4-5-20(15,16)17)21(18,19)7-2-3-8(10)9(6-7)12(13)14/h2-3,6H,4-5H2,1H3,(H,15,16,17). The zero-order valence-electron chi connectivity index (χ0n) is 10.6. The molecule has 1 rings (SSSR count). The van der Waals surface area contributed by atoms with Crippen LogP contribution in [-0.4, -0.2) is 50.0 Å². The Kier molecular flexibility index (Phi) is 5.28. The first-order valence-electron chi connectivity index (χ1n) is 5.30. The Morgan fingerprint density at radius 1 is 1.33 bits per heavy atom. The van der Waals surface area contributed by atoms with E-state index in [1.807, 2.05) is 0 Å². The molecule has 0 aliphatic rings. The predicted molar refractivity (Wildman–Crippen MR) is 74.3 cm³/mol. The number of hydrogen-bond donors (Lipinski definition) is 1. The Labute approximate surface area is 126 Å². The van der Waals surface area contributed by atoms with Gasteiger partial charge in [0, 0.05) is 19.7 Å². The number of nitro groups is 1. The number of halogens is 1.